The molecule has 1 aromatic heterocycles. The Hall–Kier alpha value is -2.56. The van der Waals surface area contributed by atoms with Crippen LogP contribution >= 0.6 is 0 Å². The summed E-state index contributed by atoms with van der Waals surface area (Å²) in [5.74, 6) is 0.988. The van der Waals surface area contributed by atoms with Gasteiger partial charge < -0.3 is 14.7 Å². The lowest BCUT2D eigenvalue weighted by Gasteiger charge is -2.36. The van der Waals surface area contributed by atoms with E-state index in [-0.39, 0.29) is 5.91 Å². The van der Waals surface area contributed by atoms with E-state index in [1.165, 1.54) is 24.1 Å². The van der Waals surface area contributed by atoms with Gasteiger partial charge in [0.05, 0.1) is 0 Å². The average Bonchev–Trinajstić information content (AvgIpc) is 3.23. The van der Waals surface area contributed by atoms with E-state index in [0.717, 1.165) is 45.1 Å². The summed E-state index contributed by atoms with van der Waals surface area (Å²) in [5, 5.41) is 0. The van der Waals surface area contributed by atoms with Gasteiger partial charge >= 0.3 is 0 Å². The second-order valence-corrected chi connectivity index (χ2v) is 7.19. The summed E-state index contributed by atoms with van der Waals surface area (Å²) in [6, 6.07) is 14.4. The normalized spacial score (nSPS) is 17.7. The van der Waals surface area contributed by atoms with Gasteiger partial charge in [-0.25, -0.2) is 4.98 Å². The van der Waals surface area contributed by atoms with E-state index < -0.39 is 0 Å². The first-order valence-corrected chi connectivity index (χ1v) is 9.53. The molecule has 26 heavy (non-hydrogen) atoms. The molecule has 0 saturated carbocycles. The van der Waals surface area contributed by atoms with Crippen molar-refractivity contribution >= 4 is 17.4 Å². The summed E-state index contributed by atoms with van der Waals surface area (Å²) in [7, 11) is 0. The van der Waals surface area contributed by atoms with E-state index in [0.29, 0.717) is 5.69 Å². The fourth-order valence-corrected chi connectivity index (χ4v) is 3.82. The molecule has 2 aliphatic heterocycles. The van der Waals surface area contributed by atoms with Crippen molar-refractivity contribution in [2.45, 2.75) is 19.8 Å². The standard InChI is InChI=1S/C21H26N4O/c1-17-6-4-7-18(16-17)23-12-14-25(15-13-23)21(26)19-8-5-9-20(22-19)24-10-2-3-11-24/h4-9,16H,2-3,10-15H2,1H3. The van der Waals surface area contributed by atoms with E-state index in [9.17, 15) is 4.79 Å². The van der Waals surface area contributed by atoms with Crippen molar-refractivity contribution in [3.05, 3.63) is 53.7 Å². The van der Waals surface area contributed by atoms with Crippen molar-refractivity contribution in [3.63, 3.8) is 0 Å². The zero-order valence-corrected chi connectivity index (χ0v) is 15.4. The first-order valence-electron chi connectivity index (χ1n) is 9.53. The highest BCUT2D eigenvalue weighted by molar-refractivity contribution is 5.92. The van der Waals surface area contributed by atoms with E-state index in [4.69, 9.17) is 0 Å². The highest BCUT2D eigenvalue weighted by atomic mass is 16.2. The molecule has 136 valence electrons. The maximum atomic E-state index is 12.9. The SMILES string of the molecule is Cc1cccc(N2CCN(C(=O)c3cccc(N4CCCC4)n3)CC2)c1. The zero-order valence-electron chi connectivity index (χ0n) is 15.4. The molecule has 3 heterocycles. The van der Waals surface area contributed by atoms with Crippen molar-refractivity contribution in [1.82, 2.24) is 9.88 Å². The molecule has 1 amide bonds. The summed E-state index contributed by atoms with van der Waals surface area (Å²) in [5.41, 5.74) is 3.08. The Labute approximate surface area is 155 Å². The number of carbonyl (C=O) groups excluding carboxylic acids is 1. The summed E-state index contributed by atoms with van der Waals surface area (Å²) in [6.07, 6.45) is 2.42. The van der Waals surface area contributed by atoms with Crippen LogP contribution < -0.4 is 9.80 Å². The van der Waals surface area contributed by atoms with Crippen molar-refractivity contribution < 1.29 is 4.79 Å². The van der Waals surface area contributed by atoms with Gasteiger partial charge in [-0.05, 0) is 49.6 Å². The Kier molecular flexibility index (Phi) is 4.78. The first-order chi connectivity index (χ1) is 12.7. The topological polar surface area (TPSA) is 39.7 Å². The number of piperazine rings is 1. The van der Waals surface area contributed by atoms with Gasteiger partial charge in [-0.3, -0.25) is 4.79 Å². The number of amides is 1. The molecule has 0 spiro atoms. The molecular weight excluding hydrogens is 324 g/mol. The van der Waals surface area contributed by atoms with E-state index >= 15 is 0 Å². The summed E-state index contributed by atoms with van der Waals surface area (Å²) >= 11 is 0. The highest BCUT2D eigenvalue weighted by Crippen LogP contribution is 2.20. The molecule has 5 heteroatoms. The number of rotatable bonds is 3. The fourth-order valence-electron chi connectivity index (χ4n) is 3.82. The van der Waals surface area contributed by atoms with E-state index in [1.807, 2.05) is 23.1 Å². The molecular formula is C21H26N4O. The summed E-state index contributed by atoms with van der Waals surface area (Å²) in [4.78, 5) is 24.1. The van der Waals surface area contributed by atoms with Gasteiger partial charge in [0, 0.05) is 45.0 Å². The van der Waals surface area contributed by atoms with Crippen LogP contribution in [-0.2, 0) is 0 Å². The number of pyridine rings is 1. The van der Waals surface area contributed by atoms with Crippen LogP contribution in [0.5, 0.6) is 0 Å². The molecule has 4 rings (SSSR count). The number of nitrogens with zero attached hydrogens (tertiary/aromatic N) is 4. The Morgan fingerprint density at radius 2 is 1.62 bits per heavy atom. The van der Waals surface area contributed by atoms with Crippen LogP contribution in [0.15, 0.2) is 42.5 Å². The number of benzene rings is 1. The van der Waals surface area contributed by atoms with Crippen LogP contribution in [0.3, 0.4) is 0 Å². The molecule has 0 N–H and O–H groups in total. The molecule has 2 fully saturated rings. The molecule has 0 unspecified atom stereocenters. The van der Waals surface area contributed by atoms with Crippen LogP contribution in [0, 0.1) is 6.92 Å². The number of hydrogen-bond donors (Lipinski definition) is 0. The lowest BCUT2D eigenvalue weighted by molar-refractivity contribution is 0.0741. The average molecular weight is 350 g/mol. The smallest absolute Gasteiger partial charge is 0.272 e. The predicted molar refractivity (Wildman–Crippen MR) is 105 cm³/mol. The van der Waals surface area contributed by atoms with Gasteiger partial charge in [0.1, 0.15) is 11.5 Å². The van der Waals surface area contributed by atoms with Crippen molar-refractivity contribution in [1.29, 1.82) is 0 Å². The van der Waals surface area contributed by atoms with Crippen molar-refractivity contribution in [2.75, 3.05) is 49.1 Å². The molecule has 2 aliphatic rings. The third-order valence-corrected chi connectivity index (χ3v) is 5.32. The van der Waals surface area contributed by atoms with Crippen LogP contribution in [0.1, 0.15) is 28.9 Å². The zero-order chi connectivity index (χ0) is 17.9. The van der Waals surface area contributed by atoms with Gasteiger partial charge in [0.2, 0.25) is 0 Å². The van der Waals surface area contributed by atoms with Crippen LogP contribution in [-0.4, -0.2) is 55.1 Å². The third kappa shape index (κ3) is 3.52. The maximum Gasteiger partial charge on any atom is 0.272 e. The van der Waals surface area contributed by atoms with E-state index in [2.05, 4.69) is 46.0 Å². The van der Waals surface area contributed by atoms with Gasteiger partial charge in [-0.15, -0.1) is 0 Å². The fraction of sp³-hybridized carbons (Fsp3) is 0.429. The minimum absolute atomic E-state index is 0.0509. The molecule has 0 atom stereocenters. The monoisotopic (exact) mass is 350 g/mol. The summed E-state index contributed by atoms with van der Waals surface area (Å²) in [6.45, 7) is 7.40. The van der Waals surface area contributed by atoms with Gasteiger partial charge in [-0.2, -0.15) is 0 Å². The van der Waals surface area contributed by atoms with Crippen molar-refractivity contribution in [3.8, 4) is 0 Å². The van der Waals surface area contributed by atoms with Gasteiger partial charge in [0.15, 0.2) is 0 Å². The lowest BCUT2D eigenvalue weighted by atomic mass is 10.2. The molecule has 5 nitrogen and oxygen atoms in total. The maximum absolute atomic E-state index is 12.9. The van der Waals surface area contributed by atoms with E-state index in [1.54, 1.807) is 0 Å². The Morgan fingerprint density at radius 1 is 0.885 bits per heavy atom. The molecule has 0 bridgehead atoms. The van der Waals surface area contributed by atoms with Crippen molar-refractivity contribution in [2.24, 2.45) is 0 Å². The number of aromatic nitrogens is 1. The Balaban J connectivity index is 1.41. The number of anilines is 2. The molecule has 1 aromatic carbocycles. The highest BCUT2D eigenvalue weighted by Gasteiger charge is 2.24. The Bertz CT molecular complexity index is 777. The van der Waals surface area contributed by atoms with Crippen LogP contribution in [0.25, 0.3) is 0 Å². The third-order valence-electron chi connectivity index (χ3n) is 5.32. The minimum atomic E-state index is 0.0509. The molecule has 2 saturated heterocycles. The van der Waals surface area contributed by atoms with Crippen LogP contribution in [0.4, 0.5) is 11.5 Å². The van der Waals surface area contributed by atoms with Gasteiger partial charge in [-0.1, -0.05) is 18.2 Å². The molecule has 0 radical (unpaired) electrons. The number of hydrogen-bond acceptors (Lipinski definition) is 4. The predicted octanol–water partition coefficient (Wildman–Crippen LogP) is 2.95. The quantitative estimate of drug-likeness (QED) is 0.853. The second-order valence-electron chi connectivity index (χ2n) is 7.19. The van der Waals surface area contributed by atoms with Crippen LogP contribution in [0.2, 0.25) is 0 Å². The van der Waals surface area contributed by atoms with Gasteiger partial charge in [0.25, 0.3) is 5.91 Å². The largest absolute Gasteiger partial charge is 0.368 e. The molecule has 0 aliphatic carbocycles. The minimum Gasteiger partial charge on any atom is -0.368 e. The molecule has 2 aromatic rings. The number of aryl methyl sites for hydroxylation is 1. The second kappa shape index (κ2) is 7.36. The number of carbonyl (C=O) groups is 1. The Morgan fingerprint density at radius 3 is 2.35 bits per heavy atom. The summed E-state index contributed by atoms with van der Waals surface area (Å²) < 4.78 is 0. The first kappa shape index (κ1) is 16.9. The lowest BCUT2D eigenvalue weighted by Crippen LogP contribution is -2.49.